The lowest BCUT2D eigenvalue weighted by Gasteiger charge is -2.25. The summed E-state index contributed by atoms with van der Waals surface area (Å²) in [6, 6.07) is 5.35. The van der Waals surface area contributed by atoms with E-state index in [-0.39, 0.29) is 24.2 Å². The molecule has 6 heteroatoms. The number of halogens is 3. The van der Waals surface area contributed by atoms with Crippen LogP contribution in [0.3, 0.4) is 0 Å². The molecule has 0 bridgehead atoms. The lowest BCUT2D eigenvalue weighted by molar-refractivity contribution is -0.137. The van der Waals surface area contributed by atoms with Gasteiger partial charge in [-0.25, -0.2) is 0 Å². The maximum Gasteiger partial charge on any atom is 0.418 e. The second-order valence-electron chi connectivity index (χ2n) is 3.88. The van der Waals surface area contributed by atoms with Crippen LogP contribution in [0.2, 0.25) is 0 Å². The molecule has 102 valence electrons. The number of nitriles is 1. The van der Waals surface area contributed by atoms with Gasteiger partial charge in [0.05, 0.1) is 18.1 Å². The van der Waals surface area contributed by atoms with Crippen molar-refractivity contribution in [2.45, 2.75) is 19.5 Å². The number of nitrogens with zero attached hydrogens (tertiary/aromatic N) is 2. The summed E-state index contributed by atoms with van der Waals surface area (Å²) in [5.41, 5.74) is -0.875. The van der Waals surface area contributed by atoms with E-state index in [2.05, 4.69) is 0 Å². The molecule has 0 saturated carbocycles. The van der Waals surface area contributed by atoms with Crippen molar-refractivity contribution in [3.63, 3.8) is 0 Å². The minimum absolute atomic E-state index is 0.00384. The molecule has 3 nitrogen and oxygen atoms in total. The molecule has 0 aliphatic carbocycles. The van der Waals surface area contributed by atoms with E-state index < -0.39 is 11.7 Å². The first-order valence-corrected chi connectivity index (χ1v) is 5.72. The van der Waals surface area contributed by atoms with Crippen LogP contribution in [0.25, 0.3) is 0 Å². The Morgan fingerprint density at radius 3 is 2.58 bits per heavy atom. The van der Waals surface area contributed by atoms with Crippen molar-refractivity contribution in [1.82, 2.24) is 0 Å². The Hall–Kier alpha value is -2.03. The molecule has 0 aromatic heterocycles. The molecule has 0 aliphatic heterocycles. The number of hydrogen-bond acceptors (Lipinski definition) is 3. The molecule has 0 heterocycles. The Kier molecular flexibility index (Phi) is 4.93. The van der Waals surface area contributed by atoms with Crippen LogP contribution in [0, 0.1) is 11.3 Å². The first-order valence-electron chi connectivity index (χ1n) is 5.72. The van der Waals surface area contributed by atoms with Gasteiger partial charge in [-0.3, -0.25) is 4.79 Å². The zero-order valence-electron chi connectivity index (χ0n) is 10.4. The Morgan fingerprint density at radius 1 is 1.42 bits per heavy atom. The number of benzene rings is 1. The number of anilines is 1. The van der Waals surface area contributed by atoms with Crippen LogP contribution in [0.4, 0.5) is 18.9 Å². The van der Waals surface area contributed by atoms with Crippen LogP contribution >= 0.6 is 0 Å². The zero-order valence-corrected chi connectivity index (χ0v) is 10.4. The highest BCUT2D eigenvalue weighted by molar-refractivity contribution is 5.77. The maximum atomic E-state index is 13.0. The number of rotatable bonds is 5. The van der Waals surface area contributed by atoms with Crippen LogP contribution in [0.1, 0.15) is 29.3 Å². The van der Waals surface area contributed by atoms with Gasteiger partial charge in [-0.15, -0.1) is 0 Å². The van der Waals surface area contributed by atoms with Gasteiger partial charge >= 0.3 is 6.18 Å². The standard InChI is InChI=1S/C13H13F3N2O/c1-2-18(7-3-6-17)12-5-4-10(9-19)8-11(12)13(14,15)16/h4-5,8-9H,2-3,7H2,1H3. The molecule has 1 aromatic rings. The summed E-state index contributed by atoms with van der Waals surface area (Å²) in [5, 5.41) is 8.52. The molecule has 0 aliphatic rings. The van der Waals surface area contributed by atoms with Crippen molar-refractivity contribution >= 4 is 12.0 Å². The van der Waals surface area contributed by atoms with Gasteiger partial charge in [0.1, 0.15) is 6.29 Å². The molecule has 0 amide bonds. The molecule has 0 spiro atoms. The highest BCUT2D eigenvalue weighted by atomic mass is 19.4. The van der Waals surface area contributed by atoms with Crippen LogP contribution in [0.15, 0.2) is 18.2 Å². The van der Waals surface area contributed by atoms with Gasteiger partial charge in [-0.05, 0) is 25.1 Å². The molecule has 19 heavy (non-hydrogen) atoms. The van der Waals surface area contributed by atoms with Gasteiger partial charge < -0.3 is 4.90 Å². The van der Waals surface area contributed by atoms with Crippen molar-refractivity contribution in [1.29, 1.82) is 5.26 Å². The molecular formula is C13H13F3N2O. The van der Waals surface area contributed by atoms with Crippen LogP contribution in [0.5, 0.6) is 0 Å². The van der Waals surface area contributed by atoms with E-state index in [1.165, 1.54) is 17.0 Å². The van der Waals surface area contributed by atoms with Gasteiger partial charge in [-0.2, -0.15) is 18.4 Å². The third kappa shape index (κ3) is 3.71. The van der Waals surface area contributed by atoms with E-state index in [4.69, 9.17) is 5.26 Å². The van der Waals surface area contributed by atoms with Crippen molar-refractivity contribution in [2.24, 2.45) is 0 Å². The van der Waals surface area contributed by atoms with E-state index in [0.29, 0.717) is 12.8 Å². The third-order valence-electron chi connectivity index (χ3n) is 2.68. The first-order chi connectivity index (χ1) is 8.93. The fourth-order valence-corrected chi connectivity index (χ4v) is 1.76. The fourth-order valence-electron chi connectivity index (χ4n) is 1.76. The third-order valence-corrected chi connectivity index (χ3v) is 2.68. The van der Waals surface area contributed by atoms with Crippen LogP contribution < -0.4 is 4.90 Å². The summed E-state index contributed by atoms with van der Waals surface area (Å²) < 4.78 is 38.9. The molecule has 0 fully saturated rings. The van der Waals surface area contributed by atoms with E-state index in [0.717, 1.165) is 6.07 Å². The normalized spacial score (nSPS) is 10.9. The van der Waals surface area contributed by atoms with E-state index >= 15 is 0 Å². The summed E-state index contributed by atoms with van der Waals surface area (Å²) >= 11 is 0. The fraction of sp³-hybridized carbons (Fsp3) is 0.385. The monoisotopic (exact) mass is 270 g/mol. The van der Waals surface area contributed by atoms with Crippen LogP contribution in [-0.2, 0) is 6.18 Å². The average Bonchev–Trinajstić information content (AvgIpc) is 2.38. The highest BCUT2D eigenvalue weighted by Crippen LogP contribution is 2.37. The van der Waals surface area contributed by atoms with E-state index in [9.17, 15) is 18.0 Å². The Morgan fingerprint density at radius 2 is 2.11 bits per heavy atom. The number of carbonyl (C=O) groups excluding carboxylic acids is 1. The lowest BCUT2D eigenvalue weighted by Crippen LogP contribution is -2.26. The molecule has 1 aromatic carbocycles. The van der Waals surface area contributed by atoms with Crippen molar-refractivity contribution in [2.75, 3.05) is 18.0 Å². The quantitative estimate of drug-likeness (QED) is 0.771. The maximum absolute atomic E-state index is 13.0. The molecular weight excluding hydrogens is 257 g/mol. The van der Waals surface area contributed by atoms with E-state index in [1.54, 1.807) is 6.92 Å². The molecule has 0 radical (unpaired) electrons. The minimum atomic E-state index is -4.53. The van der Waals surface area contributed by atoms with Gasteiger partial charge in [0.15, 0.2) is 0 Å². The second-order valence-corrected chi connectivity index (χ2v) is 3.88. The van der Waals surface area contributed by atoms with Gasteiger partial charge in [0, 0.05) is 24.3 Å². The van der Waals surface area contributed by atoms with Crippen molar-refractivity contribution in [3.05, 3.63) is 29.3 Å². The smallest absolute Gasteiger partial charge is 0.370 e. The zero-order chi connectivity index (χ0) is 14.5. The Bertz CT molecular complexity index is 492. The van der Waals surface area contributed by atoms with Crippen LogP contribution in [-0.4, -0.2) is 19.4 Å². The Balaban J connectivity index is 3.25. The number of alkyl halides is 3. The van der Waals surface area contributed by atoms with Gasteiger partial charge in [0.2, 0.25) is 0 Å². The van der Waals surface area contributed by atoms with Gasteiger partial charge in [0.25, 0.3) is 0 Å². The number of carbonyl (C=O) groups is 1. The lowest BCUT2D eigenvalue weighted by atomic mass is 10.1. The highest BCUT2D eigenvalue weighted by Gasteiger charge is 2.35. The molecule has 1 rings (SSSR count). The SMILES string of the molecule is CCN(CCC#N)c1ccc(C=O)cc1C(F)(F)F. The number of hydrogen-bond donors (Lipinski definition) is 0. The molecule has 0 atom stereocenters. The van der Waals surface area contributed by atoms with Gasteiger partial charge in [-0.1, -0.05) is 0 Å². The average molecular weight is 270 g/mol. The van der Waals surface area contributed by atoms with Crippen molar-refractivity contribution in [3.8, 4) is 6.07 Å². The molecule has 0 unspecified atom stereocenters. The predicted octanol–water partition coefficient (Wildman–Crippen LogP) is 3.26. The first kappa shape index (κ1) is 15.0. The molecule has 0 N–H and O–H groups in total. The van der Waals surface area contributed by atoms with Crippen molar-refractivity contribution < 1.29 is 18.0 Å². The Labute approximate surface area is 109 Å². The summed E-state index contributed by atoms with van der Waals surface area (Å²) in [5.74, 6) is 0. The summed E-state index contributed by atoms with van der Waals surface area (Å²) in [6.45, 7) is 2.28. The minimum Gasteiger partial charge on any atom is -0.370 e. The topological polar surface area (TPSA) is 44.1 Å². The number of aldehydes is 1. The predicted molar refractivity (Wildman–Crippen MR) is 64.9 cm³/mol. The summed E-state index contributed by atoms with van der Waals surface area (Å²) in [6.07, 6.45) is -4.01. The summed E-state index contributed by atoms with van der Waals surface area (Å²) in [7, 11) is 0. The largest absolute Gasteiger partial charge is 0.418 e. The molecule has 0 saturated heterocycles. The van der Waals surface area contributed by atoms with E-state index in [1.807, 2.05) is 6.07 Å². The second kappa shape index (κ2) is 6.23. The summed E-state index contributed by atoms with van der Waals surface area (Å²) in [4.78, 5) is 12.1.